The molecule has 2 N–H and O–H groups in total. The first kappa shape index (κ1) is 13.9. The molecular formula is C10H15FN2O3S. The average Bonchev–Trinajstić information content (AvgIpc) is 2.31. The molecule has 0 saturated carbocycles. The summed E-state index contributed by atoms with van der Waals surface area (Å²) in [7, 11) is -2.04. The van der Waals surface area contributed by atoms with Gasteiger partial charge in [0.15, 0.2) is 0 Å². The van der Waals surface area contributed by atoms with E-state index in [1.807, 2.05) is 0 Å². The largest absolute Gasteiger partial charge is 0.494 e. The Morgan fingerprint density at radius 3 is 2.53 bits per heavy atom. The molecule has 17 heavy (non-hydrogen) atoms. The number of ether oxygens (including phenoxy) is 1. The topological polar surface area (TPSA) is 67.4 Å². The Labute approximate surface area is 100 Å². The van der Waals surface area contributed by atoms with Crippen molar-refractivity contribution in [2.75, 3.05) is 20.2 Å². The smallest absolute Gasteiger partial charge is 0.276 e. The lowest BCUT2D eigenvalue weighted by Gasteiger charge is -2.07. The van der Waals surface area contributed by atoms with E-state index in [-0.39, 0.29) is 12.4 Å². The molecule has 0 heterocycles. The Morgan fingerprint density at radius 1 is 1.29 bits per heavy atom. The van der Waals surface area contributed by atoms with E-state index in [0.717, 1.165) is 0 Å². The van der Waals surface area contributed by atoms with Crippen molar-refractivity contribution in [3.05, 3.63) is 30.1 Å². The van der Waals surface area contributed by atoms with Crippen LogP contribution in [0.4, 0.5) is 4.39 Å². The molecule has 0 radical (unpaired) electrons. The van der Waals surface area contributed by atoms with Crippen LogP contribution in [0.3, 0.4) is 0 Å². The van der Waals surface area contributed by atoms with Gasteiger partial charge in [0.2, 0.25) is 0 Å². The number of halogens is 1. The van der Waals surface area contributed by atoms with Gasteiger partial charge in [-0.2, -0.15) is 8.42 Å². The van der Waals surface area contributed by atoms with Crippen molar-refractivity contribution in [2.24, 2.45) is 0 Å². The van der Waals surface area contributed by atoms with Crippen LogP contribution in [0.5, 0.6) is 5.75 Å². The van der Waals surface area contributed by atoms with E-state index in [0.29, 0.717) is 18.8 Å². The molecule has 7 heteroatoms. The van der Waals surface area contributed by atoms with Gasteiger partial charge in [0.25, 0.3) is 10.2 Å². The van der Waals surface area contributed by atoms with Crippen molar-refractivity contribution in [1.82, 2.24) is 9.44 Å². The quantitative estimate of drug-likeness (QED) is 0.709. The molecule has 0 bridgehead atoms. The van der Waals surface area contributed by atoms with E-state index in [4.69, 9.17) is 4.74 Å². The number of hydrogen-bond donors (Lipinski definition) is 2. The van der Waals surface area contributed by atoms with E-state index >= 15 is 0 Å². The fourth-order valence-electron chi connectivity index (χ4n) is 1.07. The maximum atomic E-state index is 12.6. The number of hydrogen-bond acceptors (Lipinski definition) is 3. The van der Waals surface area contributed by atoms with Gasteiger partial charge in [-0.25, -0.2) is 13.8 Å². The van der Waals surface area contributed by atoms with Crippen molar-refractivity contribution in [1.29, 1.82) is 0 Å². The molecule has 5 nitrogen and oxygen atoms in total. The van der Waals surface area contributed by atoms with Crippen molar-refractivity contribution in [3.8, 4) is 5.75 Å². The second-order valence-corrected chi connectivity index (χ2v) is 4.96. The standard InChI is InChI=1S/C10H15FN2O3S/c1-12-17(14,15)13-7-2-8-16-10-5-3-9(11)4-6-10/h3-6,12-13H,2,7-8H2,1H3. The minimum Gasteiger partial charge on any atom is -0.494 e. The Morgan fingerprint density at radius 2 is 1.94 bits per heavy atom. The molecule has 0 saturated heterocycles. The van der Waals surface area contributed by atoms with Crippen LogP contribution in [-0.4, -0.2) is 28.6 Å². The van der Waals surface area contributed by atoms with Gasteiger partial charge in [-0.05, 0) is 30.7 Å². The van der Waals surface area contributed by atoms with Gasteiger partial charge in [0, 0.05) is 13.6 Å². The zero-order valence-electron chi connectivity index (χ0n) is 9.44. The van der Waals surface area contributed by atoms with E-state index < -0.39 is 10.2 Å². The van der Waals surface area contributed by atoms with Gasteiger partial charge in [0.1, 0.15) is 11.6 Å². The molecule has 0 aliphatic rings. The van der Waals surface area contributed by atoms with Gasteiger partial charge in [-0.15, -0.1) is 0 Å². The number of nitrogens with one attached hydrogen (secondary N) is 2. The second kappa shape index (κ2) is 6.53. The highest BCUT2D eigenvalue weighted by atomic mass is 32.2. The molecule has 1 aromatic rings. The Bertz CT molecular complexity index is 433. The molecule has 0 aliphatic carbocycles. The molecule has 1 aromatic carbocycles. The van der Waals surface area contributed by atoms with E-state index in [9.17, 15) is 12.8 Å². The summed E-state index contributed by atoms with van der Waals surface area (Å²) in [6, 6.07) is 5.65. The van der Waals surface area contributed by atoms with Crippen molar-refractivity contribution < 1.29 is 17.5 Å². The van der Waals surface area contributed by atoms with Crippen LogP contribution in [-0.2, 0) is 10.2 Å². The maximum absolute atomic E-state index is 12.6. The minimum atomic E-state index is -3.38. The first-order valence-corrected chi connectivity index (χ1v) is 6.58. The zero-order chi connectivity index (χ0) is 12.7. The third kappa shape index (κ3) is 5.62. The van der Waals surface area contributed by atoms with Crippen LogP contribution >= 0.6 is 0 Å². The fraction of sp³-hybridized carbons (Fsp3) is 0.400. The number of benzene rings is 1. The SMILES string of the molecule is CNS(=O)(=O)NCCCOc1ccc(F)cc1. The molecule has 0 aromatic heterocycles. The summed E-state index contributed by atoms with van der Waals surface area (Å²) in [5.41, 5.74) is 0. The predicted molar refractivity (Wildman–Crippen MR) is 62.5 cm³/mol. The summed E-state index contributed by atoms with van der Waals surface area (Å²) in [6.07, 6.45) is 0.526. The van der Waals surface area contributed by atoms with Crippen LogP contribution in [0.15, 0.2) is 24.3 Å². The third-order valence-electron chi connectivity index (χ3n) is 1.96. The molecule has 0 amide bonds. The molecule has 0 fully saturated rings. The van der Waals surface area contributed by atoms with E-state index in [1.54, 1.807) is 0 Å². The lowest BCUT2D eigenvalue weighted by Crippen LogP contribution is -2.35. The molecule has 0 atom stereocenters. The van der Waals surface area contributed by atoms with E-state index in [1.165, 1.54) is 31.3 Å². The minimum absolute atomic E-state index is 0.282. The predicted octanol–water partition coefficient (Wildman–Crippen LogP) is 0.648. The highest BCUT2D eigenvalue weighted by Gasteiger charge is 2.03. The Balaban J connectivity index is 2.19. The highest BCUT2D eigenvalue weighted by molar-refractivity contribution is 7.87. The van der Waals surface area contributed by atoms with Crippen LogP contribution in [0.1, 0.15) is 6.42 Å². The van der Waals surface area contributed by atoms with Crippen LogP contribution in [0, 0.1) is 5.82 Å². The van der Waals surface area contributed by atoms with Gasteiger partial charge in [0.05, 0.1) is 6.61 Å². The molecule has 0 spiro atoms. The van der Waals surface area contributed by atoms with Gasteiger partial charge >= 0.3 is 0 Å². The summed E-state index contributed by atoms with van der Waals surface area (Å²) in [4.78, 5) is 0. The van der Waals surface area contributed by atoms with E-state index in [2.05, 4.69) is 9.44 Å². The van der Waals surface area contributed by atoms with Crippen molar-refractivity contribution in [3.63, 3.8) is 0 Å². The van der Waals surface area contributed by atoms with Crippen molar-refractivity contribution >= 4 is 10.2 Å². The fourth-order valence-corrected chi connectivity index (χ4v) is 1.63. The maximum Gasteiger partial charge on any atom is 0.276 e. The third-order valence-corrected chi connectivity index (χ3v) is 3.09. The lowest BCUT2D eigenvalue weighted by atomic mass is 10.3. The van der Waals surface area contributed by atoms with Gasteiger partial charge in [-0.1, -0.05) is 0 Å². The summed E-state index contributed by atoms with van der Waals surface area (Å²) >= 11 is 0. The summed E-state index contributed by atoms with van der Waals surface area (Å²) in [5, 5.41) is 0. The Kier molecular flexibility index (Phi) is 5.33. The molecule has 96 valence electrons. The summed E-state index contributed by atoms with van der Waals surface area (Å²) < 4.78 is 44.2. The first-order chi connectivity index (χ1) is 8.03. The molecule has 1 rings (SSSR count). The zero-order valence-corrected chi connectivity index (χ0v) is 10.3. The summed E-state index contributed by atoms with van der Waals surface area (Å²) in [5.74, 6) is 0.238. The first-order valence-electron chi connectivity index (χ1n) is 5.10. The second-order valence-electron chi connectivity index (χ2n) is 3.26. The highest BCUT2D eigenvalue weighted by Crippen LogP contribution is 2.10. The van der Waals surface area contributed by atoms with Crippen LogP contribution < -0.4 is 14.2 Å². The summed E-state index contributed by atoms with van der Waals surface area (Å²) in [6.45, 7) is 0.641. The Hall–Kier alpha value is -1.18. The van der Waals surface area contributed by atoms with Gasteiger partial charge in [-0.3, -0.25) is 0 Å². The van der Waals surface area contributed by atoms with Gasteiger partial charge < -0.3 is 4.74 Å². The van der Waals surface area contributed by atoms with Crippen LogP contribution in [0.2, 0.25) is 0 Å². The molecular weight excluding hydrogens is 247 g/mol. The van der Waals surface area contributed by atoms with Crippen LogP contribution in [0.25, 0.3) is 0 Å². The number of rotatable bonds is 7. The average molecular weight is 262 g/mol. The molecule has 0 unspecified atom stereocenters. The molecule has 0 aliphatic heterocycles. The normalized spacial score (nSPS) is 11.4. The van der Waals surface area contributed by atoms with Crippen molar-refractivity contribution in [2.45, 2.75) is 6.42 Å². The lowest BCUT2D eigenvalue weighted by molar-refractivity contribution is 0.311. The monoisotopic (exact) mass is 262 g/mol.